The minimum atomic E-state index is -4.28. The van der Waals surface area contributed by atoms with Crippen LogP contribution in [-0.4, -0.2) is 55.8 Å². The molecule has 2 aromatic carbocycles. The lowest BCUT2D eigenvalue weighted by atomic mass is 9.91. The van der Waals surface area contributed by atoms with Gasteiger partial charge in [0, 0.05) is 13.1 Å². The first kappa shape index (κ1) is 24.3. The summed E-state index contributed by atoms with van der Waals surface area (Å²) >= 11 is 0. The van der Waals surface area contributed by atoms with Crippen molar-refractivity contribution in [1.82, 2.24) is 14.1 Å². The number of sulfonamides is 2. The quantitative estimate of drug-likeness (QED) is 0.496. The first-order valence-corrected chi connectivity index (χ1v) is 12.8. The van der Waals surface area contributed by atoms with Crippen LogP contribution in [-0.2, 0) is 24.8 Å². The third-order valence-electron chi connectivity index (χ3n) is 5.31. The molecule has 0 aliphatic carbocycles. The van der Waals surface area contributed by atoms with Crippen LogP contribution in [0.15, 0.2) is 58.3 Å². The third-order valence-corrected chi connectivity index (χ3v) is 8.94. The van der Waals surface area contributed by atoms with Gasteiger partial charge in [-0.3, -0.25) is 10.0 Å². The smallest absolute Gasteiger partial charge is 0.277 e. The molecule has 11 heteroatoms. The van der Waals surface area contributed by atoms with Gasteiger partial charge in [0.2, 0.25) is 20.0 Å². The van der Waals surface area contributed by atoms with Crippen molar-refractivity contribution in [3.63, 3.8) is 0 Å². The van der Waals surface area contributed by atoms with Gasteiger partial charge in [-0.15, -0.1) is 0 Å². The molecule has 174 valence electrons. The van der Waals surface area contributed by atoms with Crippen molar-refractivity contribution < 1.29 is 26.8 Å². The summed E-state index contributed by atoms with van der Waals surface area (Å²) < 4.78 is 55.7. The number of nitrogens with one attached hydrogen (secondary N) is 1. The molecule has 2 aromatic rings. The Morgan fingerprint density at radius 1 is 0.844 bits per heavy atom. The highest BCUT2D eigenvalue weighted by molar-refractivity contribution is 7.90. The molecule has 0 bridgehead atoms. The molecule has 0 spiro atoms. The zero-order chi connectivity index (χ0) is 23.9. The number of aryl methyl sites for hydroxylation is 2. The number of hydrogen-bond donors (Lipinski definition) is 2. The zero-order valence-electron chi connectivity index (χ0n) is 18.3. The van der Waals surface area contributed by atoms with E-state index < -0.39 is 37.5 Å². The van der Waals surface area contributed by atoms with Crippen molar-refractivity contribution in [3.8, 4) is 0 Å². The molecule has 3 rings (SSSR count). The number of carbonyl (C=O) groups excluding carboxylic acids is 1. The van der Waals surface area contributed by atoms with Crippen LogP contribution in [0.25, 0.3) is 0 Å². The number of carbonyl (C=O) groups is 1. The molecular formula is C21H27N3O6S2. The van der Waals surface area contributed by atoms with Crippen molar-refractivity contribution >= 4 is 26.0 Å². The Labute approximate surface area is 188 Å². The molecule has 1 aliphatic rings. The molecule has 1 aliphatic heterocycles. The summed E-state index contributed by atoms with van der Waals surface area (Å²) in [6, 6.07) is 12.1. The van der Waals surface area contributed by atoms with Gasteiger partial charge in [-0.1, -0.05) is 49.2 Å². The summed E-state index contributed by atoms with van der Waals surface area (Å²) in [5, 5.41) is 9.36. The molecule has 1 heterocycles. The summed E-state index contributed by atoms with van der Waals surface area (Å²) in [5.41, 5.74) is 2.31. The summed E-state index contributed by atoms with van der Waals surface area (Å²) in [5.74, 6) is -1.16. The Balaban J connectivity index is 2.18. The normalized spacial score (nSPS) is 18.4. The number of hydrogen-bond acceptors (Lipinski definition) is 6. The third kappa shape index (κ3) is 4.57. The van der Waals surface area contributed by atoms with Gasteiger partial charge in [-0.05, 0) is 43.5 Å². The molecule has 0 unspecified atom stereocenters. The maximum absolute atomic E-state index is 13.5. The summed E-state index contributed by atoms with van der Waals surface area (Å²) in [6.45, 7) is 6.80. The van der Waals surface area contributed by atoms with Gasteiger partial charge in [0.25, 0.3) is 5.91 Å². The molecule has 9 nitrogen and oxygen atoms in total. The fraction of sp³-hybridized carbons (Fsp3) is 0.381. The van der Waals surface area contributed by atoms with Gasteiger partial charge < -0.3 is 0 Å². The van der Waals surface area contributed by atoms with Crippen LogP contribution in [0.2, 0.25) is 0 Å². The van der Waals surface area contributed by atoms with Gasteiger partial charge in [0.1, 0.15) is 0 Å². The van der Waals surface area contributed by atoms with E-state index in [2.05, 4.69) is 0 Å². The second-order valence-corrected chi connectivity index (χ2v) is 12.5. The molecule has 0 radical (unpaired) electrons. The average molecular weight is 482 g/mol. The van der Waals surface area contributed by atoms with E-state index in [4.69, 9.17) is 0 Å². The maximum atomic E-state index is 13.5. The first-order valence-electron chi connectivity index (χ1n) is 9.91. The van der Waals surface area contributed by atoms with Crippen LogP contribution in [0.3, 0.4) is 0 Å². The van der Waals surface area contributed by atoms with Crippen molar-refractivity contribution in [2.45, 2.75) is 43.7 Å². The molecule has 1 amide bonds. The van der Waals surface area contributed by atoms with Crippen molar-refractivity contribution in [1.29, 1.82) is 0 Å². The van der Waals surface area contributed by atoms with Crippen LogP contribution in [0, 0.1) is 19.3 Å². The highest BCUT2D eigenvalue weighted by Gasteiger charge is 2.52. The maximum Gasteiger partial charge on any atom is 0.277 e. The van der Waals surface area contributed by atoms with E-state index in [0.29, 0.717) is 0 Å². The molecule has 0 saturated carbocycles. The Morgan fingerprint density at radius 2 is 1.19 bits per heavy atom. The highest BCUT2D eigenvalue weighted by Crippen LogP contribution is 2.36. The van der Waals surface area contributed by atoms with Crippen LogP contribution in [0.4, 0.5) is 0 Å². The molecule has 0 aromatic heterocycles. The number of hydroxylamine groups is 1. The van der Waals surface area contributed by atoms with Gasteiger partial charge in [-0.2, -0.15) is 8.61 Å². The van der Waals surface area contributed by atoms with Crippen molar-refractivity contribution in [3.05, 3.63) is 59.7 Å². The monoisotopic (exact) mass is 481 g/mol. The largest absolute Gasteiger partial charge is 0.289 e. The molecule has 32 heavy (non-hydrogen) atoms. The Hall–Kier alpha value is -2.31. The molecule has 1 saturated heterocycles. The fourth-order valence-corrected chi connectivity index (χ4v) is 7.20. The molecule has 0 atom stereocenters. The number of nitrogens with zero attached hydrogens (tertiary/aromatic N) is 2. The Bertz CT molecular complexity index is 1120. The van der Waals surface area contributed by atoms with E-state index in [0.717, 1.165) is 19.7 Å². The fourth-order valence-electron chi connectivity index (χ4n) is 3.65. The number of rotatable bonds is 5. The number of benzene rings is 2. The molecule has 2 N–H and O–H groups in total. The van der Waals surface area contributed by atoms with Crippen LogP contribution >= 0.6 is 0 Å². The SMILES string of the molecule is Cc1ccc(S(=O)(=O)N2CC(C)(C)CN(S(=O)(=O)c3ccc(C)cc3)C2C(=O)NO)cc1. The van der Waals surface area contributed by atoms with Crippen LogP contribution < -0.4 is 5.48 Å². The second kappa shape index (κ2) is 8.56. The van der Waals surface area contributed by atoms with Crippen LogP contribution in [0.5, 0.6) is 0 Å². The van der Waals surface area contributed by atoms with Crippen LogP contribution in [0.1, 0.15) is 25.0 Å². The summed E-state index contributed by atoms with van der Waals surface area (Å²) in [4.78, 5) is 12.5. The molecular weight excluding hydrogens is 454 g/mol. The van der Waals surface area contributed by atoms with Crippen molar-refractivity contribution in [2.75, 3.05) is 13.1 Å². The first-order chi connectivity index (χ1) is 14.8. The predicted molar refractivity (Wildman–Crippen MR) is 118 cm³/mol. The van der Waals surface area contributed by atoms with Gasteiger partial charge in [0.05, 0.1) is 9.79 Å². The minimum absolute atomic E-state index is 0.0794. The topological polar surface area (TPSA) is 124 Å². The van der Waals surface area contributed by atoms with E-state index in [9.17, 15) is 26.8 Å². The van der Waals surface area contributed by atoms with Gasteiger partial charge >= 0.3 is 0 Å². The average Bonchev–Trinajstić information content (AvgIpc) is 2.72. The summed E-state index contributed by atoms with van der Waals surface area (Å²) in [7, 11) is -8.56. The van der Waals surface area contributed by atoms with E-state index in [-0.39, 0.29) is 22.9 Å². The Kier molecular flexibility index (Phi) is 6.51. The van der Waals surface area contributed by atoms with E-state index >= 15 is 0 Å². The van der Waals surface area contributed by atoms with Crippen molar-refractivity contribution in [2.24, 2.45) is 5.41 Å². The lowest BCUT2D eigenvalue weighted by Gasteiger charge is -2.47. The lowest BCUT2D eigenvalue weighted by molar-refractivity contribution is -0.140. The second-order valence-electron chi connectivity index (χ2n) is 8.74. The number of amides is 1. The molecule has 1 fully saturated rings. The standard InChI is InChI=1S/C21H27N3O6S2/c1-15-5-9-17(10-6-15)31(27,28)23-13-21(3,4)14-24(20(23)19(25)22-26)32(29,30)18-11-7-16(2)8-12-18/h5-12,20,26H,13-14H2,1-4H3,(H,22,25). The van der Waals surface area contributed by atoms with Gasteiger partial charge in [0.15, 0.2) is 6.17 Å². The minimum Gasteiger partial charge on any atom is -0.289 e. The highest BCUT2D eigenvalue weighted by atomic mass is 32.2. The van der Waals surface area contributed by atoms with E-state index in [1.807, 2.05) is 0 Å². The predicted octanol–water partition coefficient (Wildman–Crippen LogP) is 1.86. The lowest BCUT2D eigenvalue weighted by Crippen LogP contribution is -2.67. The Morgan fingerprint density at radius 3 is 1.50 bits per heavy atom. The summed E-state index contributed by atoms with van der Waals surface area (Å²) in [6.07, 6.45) is -1.80. The zero-order valence-corrected chi connectivity index (χ0v) is 19.9. The van der Waals surface area contributed by atoms with Gasteiger partial charge in [-0.25, -0.2) is 22.3 Å². The van der Waals surface area contributed by atoms with E-state index in [1.54, 1.807) is 52.0 Å². The van der Waals surface area contributed by atoms with E-state index in [1.165, 1.54) is 29.7 Å².